The zero-order valence-corrected chi connectivity index (χ0v) is 15.6. The number of carbonyl (C=O) groups excluding carboxylic acids is 1. The first-order valence-electron chi connectivity index (χ1n) is 9.23. The number of fused-ring (bicyclic) bond motifs is 4. The van der Waals surface area contributed by atoms with Gasteiger partial charge in [0.1, 0.15) is 11.6 Å². The highest BCUT2D eigenvalue weighted by Gasteiger charge is 2.38. The van der Waals surface area contributed by atoms with Crippen molar-refractivity contribution in [2.45, 2.75) is 25.4 Å². The third-order valence-corrected chi connectivity index (χ3v) is 5.86. The molecule has 3 aliphatic rings. The third kappa shape index (κ3) is 3.85. The molecule has 0 N–H and O–H groups in total. The normalized spacial score (nSPS) is 22.7. The summed E-state index contributed by atoms with van der Waals surface area (Å²) in [5.41, 5.74) is 1.02. The van der Waals surface area contributed by atoms with E-state index in [0.717, 1.165) is 38.0 Å². The average Bonchev–Trinajstić information content (AvgIpc) is 2.94. The van der Waals surface area contributed by atoms with Crippen LogP contribution in [-0.2, 0) is 6.54 Å². The Bertz CT molecular complexity index is 822. The van der Waals surface area contributed by atoms with Gasteiger partial charge in [-0.2, -0.15) is 0 Å². The Morgan fingerprint density at radius 1 is 1.04 bits per heavy atom. The average molecular weight is 391 g/mol. The minimum atomic E-state index is -0.573. The van der Waals surface area contributed by atoms with Crippen LogP contribution in [0.3, 0.4) is 0 Å². The molecule has 3 nitrogen and oxygen atoms in total. The summed E-state index contributed by atoms with van der Waals surface area (Å²) in [6.07, 6.45) is 1.96. The molecule has 3 aliphatic heterocycles. The maximum Gasteiger partial charge on any atom is 0.258 e. The van der Waals surface area contributed by atoms with Crippen LogP contribution in [0.15, 0.2) is 42.5 Å². The van der Waals surface area contributed by atoms with E-state index >= 15 is 0 Å². The minimum Gasteiger partial charge on any atom is -0.334 e. The number of benzene rings is 2. The zero-order valence-electron chi connectivity index (χ0n) is 14.9. The number of piperidine rings is 1. The van der Waals surface area contributed by atoms with Crippen LogP contribution < -0.4 is 0 Å². The van der Waals surface area contributed by atoms with Gasteiger partial charge in [-0.3, -0.25) is 9.69 Å². The molecule has 0 radical (unpaired) electrons. The second kappa shape index (κ2) is 7.56. The lowest BCUT2D eigenvalue weighted by atomic mass is 9.94. The molecule has 2 bridgehead atoms. The first-order valence-corrected chi connectivity index (χ1v) is 9.61. The zero-order chi connectivity index (χ0) is 19.0. The van der Waals surface area contributed by atoms with Crippen LogP contribution in [0.4, 0.5) is 8.78 Å². The van der Waals surface area contributed by atoms with Gasteiger partial charge in [-0.05, 0) is 48.6 Å². The van der Waals surface area contributed by atoms with Crippen molar-refractivity contribution in [3.05, 3.63) is 70.2 Å². The van der Waals surface area contributed by atoms with Crippen LogP contribution in [0.2, 0.25) is 5.02 Å². The molecule has 0 aromatic heterocycles. The molecule has 5 rings (SSSR count). The largest absolute Gasteiger partial charge is 0.334 e. The molecule has 3 saturated heterocycles. The quantitative estimate of drug-likeness (QED) is 0.777. The van der Waals surface area contributed by atoms with Crippen LogP contribution in [0, 0.1) is 17.6 Å². The Morgan fingerprint density at radius 2 is 1.81 bits per heavy atom. The van der Waals surface area contributed by atoms with Crippen molar-refractivity contribution >= 4 is 17.5 Å². The van der Waals surface area contributed by atoms with Crippen LogP contribution in [0.5, 0.6) is 0 Å². The van der Waals surface area contributed by atoms with Gasteiger partial charge in [-0.1, -0.05) is 29.8 Å². The molecular weight excluding hydrogens is 370 g/mol. The molecule has 1 amide bonds. The highest BCUT2D eigenvalue weighted by Crippen LogP contribution is 2.31. The summed E-state index contributed by atoms with van der Waals surface area (Å²) in [5, 5.41) is 0.156. The molecule has 0 aliphatic carbocycles. The summed E-state index contributed by atoms with van der Waals surface area (Å²) >= 11 is 6.11. The van der Waals surface area contributed by atoms with E-state index < -0.39 is 5.82 Å². The number of hydrogen-bond acceptors (Lipinski definition) is 2. The Hall–Kier alpha value is -1.98. The number of halogens is 3. The molecule has 2 aromatic rings. The topological polar surface area (TPSA) is 23.6 Å². The smallest absolute Gasteiger partial charge is 0.258 e. The maximum atomic E-state index is 14.2. The summed E-state index contributed by atoms with van der Waals surface area (Å²) in [6.45, 7) is 2.94. The molecule has 0 saturated carbocycles. The number of hydrogen-bond donors (Lipinski definition) is 0. The first-order chi connectivity index (χ1) is 13.0. The van der Waals surface area contributed by atoms with Crippen molar-refractivity contribution in [3.63, 3.8) is 0 Å². The third-order valence-electron chi connectivity index (χ3n) is 5.55. The maximum absolute atomic E-state index is 14.2. The van der Waals surface area contributed by atoms with Crippen molar-refractivity contribution in [2.24, 2.45) is 5.92 Å². The number of carbonyl (C=O) groups is 1. The van der Waals surface area contributed by atoms with E-state index in [1.807, 2.05) is 0 Å². The van der Waals surface area contributed by atoms with Gasteiger partial charge in [0.2, 0.25) is 0 Å². The fourth-order valence-corrected chi connectivity index (χ4v) is 4.49. The summed E-state index contributed by atoms with van der Waals surface area (Å²) in [4.78, 5) is 17.1. The van der Waals surface area contributed by atoms with Gasteiger partial charge in [-0.25, -0.2) is 8.78 Å². The van der Waals surface area contributed by atoms with Crippen molar-refractivity contribution < 1.29 is 13.6 Å². The molecular formula is C21H21ClF2N2O. The van der Waals surface area contributed by atoms with Crippen LogP contribution in [0.1, 0.15) is 28.8 Å². The van der Waals surface area contributed by atoms with Gasteiger partial charge < -0.3 is 4.90 Å². The predicted octanol–water partition coefficient (Wildman–Crippen LogP) is 4.35. The second-order valence-electron chi connectivity index (χ2n) is 7.47. The van der Waals surface area contributed by atoms with Crippen molar-refractivity contribution in [1.82, 2.24) is 9.80 Å². The van der Waals surface area contributed by atoms with Crippen LogP contribution >= 0.6 is 11.6 Å². The lowest BCUT2D eigenvalue weighted by molar-refractivity contribution is 0.0580. The van der Waals surface area contributed by atoms with E-state index in [-0.39, 0.29) is 28.4 Å². The molecule has 0 unspecified atom stereocenters. The Morgan fingerprint density at radius 3 is 2.56 bits per heavy atom. The molecule has 3 heterocycles. The Kier molecular flexibility index (Phi) is 5.15. The molecule has 2 aromatic carbocycles. The van der Waals surface area contributed by atoms with E-state index in [1.165, 1.54) is 24.3 Å². The molecule has 6 heteroatoms. The monoisotopic (exact) mass is 390 g/mol. The summed E-state index contributed by atoms with van der Waals surface area (Å²) in [7, 11) is 0. The van der Waals surface area contributed by atoms with E-state index in [4.69, 9.17) is 11.6 Å². The van der Waals surface area contributed by atoms with E-state index in [1.54, 1.807) is 23.1 Å². The first kappa shape index (κ1) is 18.4. The molecule has 27 heavy (non-hydrogen) atoms. The summed E-state index contributed by atoms with van der Waals surface area (Å²) < 4.78 is 27.4. The number of rotatable bonds is 3. The number of amides is 1. The second-order valence-corrected chi connectivity index (χ2v) is 7.88. The van der Waals surface area contributed by atoms with E-state index in [0.29, 0.717) is 12.5 Å². The van der Waals surface area contributed by atoms with Gasteiger partial charge >= 0.3 is 0 Å². The van der Waals surface area contributed by atoms with Crippen LogP contribution in [0.25, 0.3) is 0 Å². The molecule has 0 spiro atoms. The lowest BCUT2D eigenvalue weighted by Crippen LogP contribution is -2.47. The SMILES string of the molecule is O=C(c1c(F)cccc1Cl)N1C[C@H]2CC[C@@H]1CN(Cc1ccc(F)cc1)C2. The highest BCUT2D eigenvalue weighted by molar-refractivity contribution is 6.33. The van der Waals surface area contributed by atoms with E-state index in [9.17, 15) is 13.6 Å². The van der Waals surface area contributed by atoms with Crippen molar-refractivity contribution in [1.29, 1.82) is 0 Å². The minimum absolute atomic E-state index is 0.0307. The van der Waals surface area contributed by atoms with Gasteiger partial charge in [0.25, 0.3) is 5.91 Å². The van der Waals surface area contributed by atoms with Crippen molar-refractivity contribution in [3.8, 4) is 0 Å². The summed E-state index contributed by atoms with van der Waals surface area (Å²) in [5.74, 6) is -0.792. The van der Waals surface area contributed by atoms with Crippen molar-refractivity contribution in [2.75, 3.05) is 19.6 Å². The van der Waals surface area contributed by atoms with Gasteiger partial charge in [0.05, 0.1) is 10.6 Å². The summed E-state index contributed by atoms with van der Waals surface area (Å²) in [6, 6.07) is 10.9. The lowest BCUT2D eigenvalue weighted by Gasteiger charge is -2.36. The number of nitrogens with zero attached hydrogens (tertiary/aromatic N) is 2. The standard InChI is InChI=1S/C21H21ClF2N2O/c22-18-2-1-3-19(24)20(18)21(27)26-12-15-6-9-17(26)13-25(11-15)10-14-4-7-16(23)8-5-14/h1-5,7-8,15,17H,6,9-13H2/t15-,17+/m0/s1. The van der Waals surface area contributed by atoms with Gasteiger partial charge in [0.15, 0.2) is 0 Å². The predicted molar refractivity (Wildman–Crippen MR) is 101 cm³/mol. The fraction of sp³-hybridized carbons (Fsp3) is 0.381. The van der Waals surface area contributed by atoms with Gasteiger partial charge in [0, 0.05) is 32.2 Å². The molecule has 3 fully saturated rings. The Balaban J connectivity index is 1.53. The molecule has 2 atom stereocenters. The highest BCUT2D eigenvalue weighted by atomic mass is 35.5. The van der Waals surface area contributed by atoms with Gasteiger partial charge in [-0.15, -0.1) is 0 Å². The Labute approximate surface area is 162 Å². The van der Waals surface area contributed by atoms with E-state index in [2.05, 4.69) is 4.90 Å². The fourth-order valence-electron chi connectivity index (χ4n) is 4.25. The molecule has 142 valence electrons. The van der Waals surface area contributed by atoms with Crippen LogP contribution in [-0.4, -0.2) is 41.4 Å².